The van der Waals surface area contributed by atoms with Gasteiger partial charge in [-0.05, 0) is 55.5 Å². The SMILES string of the molecule is Cc1cccc([C@@H]2CCCN(Cc3nc(Cc4cccc(F)c4)no3)C2)c1. The highest BCUT2D eigenvalue weighted by Gasteiger charge is 2.23. The molecule has 140 valence electrons. The zero-order chi connectivity index (χ0) is 18.6. The Labute approximate surface area is 159 Å². The van der Waals surface area contributed by atoms with E-state index in [1.807, 2.05) is 6.07 Å². The Bertz CT molecular complexity index is 908. The van der Waals surface area contributed by atoms with Gasteiger partial charge in [-0.25, -0.2) is 4.39 Å². The largest absolute Gasteiger partial charge is 0.338 e. The van der Waals surface area contributed by atoms with Crippen molar-refractivity contribution in [2.24, 2.45) is 0 Å². The molecule has 4 rings (SSSR count). The van der Waals surface area contributed by atoms with Crippen LogP contribution in [0.2, 0.25) is 0 Å². The second-order valence-electron chi connectivity index (χ2n) is 7.40. The lowest BCUT2D eigenvalue weighted by Crippen LogP contribution is -2.34. The van der Waals surface area contributed by atoms with Crippen LogP contribution in [-0.2, 0) is 13.0 Å². The normalized spacial score (nSPS) is 17.9. The first-order valence-corrected chi connectivity index (χ1v) is 9.50. The van der Waals surface area contributed by atoms with Gasteiger partial charge in [-0.3, -0.25) is 4.90 Å². The van der Waals surface area contributed by atoms with Gasteiger partial charge in [0, 0.05) is 13.0 Å². The van der Waals surface area contributed by atoms with E-state index in [2.05, 4.69) is 46.2 Å². The number of aryl methyl sites for hydroxylation is 1. The van der Waals surface area contributed by atoms with Crippen molar-refractivity contribution in [2.75, 3.05) is 13.1 Å². The average molecular weight is 365 g/mol. The number of benzene rings is 2. The third kappa shape index (κ3) is 4.61. The Balaban J connectivity index is 1.38. The second kappa shape index (κ2) is 8.01. The molecule has 4 nitrogen and oxygen atoms in total. The van der Waals surface area contributed by atoms with Crippen LogP contribution < -0.4 is 0 Å². The lowest BCUT2D eigenvalue weighted by molar-refractivity contribution is 0.177. The molecule has 0 N–H and O–H groups in total. The minimum atomic E-state index is -0.244. The Morgan fingerprint density at radius 1 is 1.19 bits per heavy atom. The molecule has 0 radical (unpaired) electrons. The van der Waals surface area contributed by atoms with Gasteiger partial charge in [0.05, 0.1) is 6.54 Å². The Hall–Kier alpha value is -2.53. The molecular weight excluding hydrogens is 341 g/mol. The molecule has 0 aliphatic carbocycles. The van der Waals surface area contributed by atoms with Crippen molar-refractivity contribution in [3.8, 4) is 0 Å². The molecular formula is C22H24FN3O. The molecule has 0 spiro atoms. The van der Waals surface area contributed by atoms with Crippen LogP contribution in [0.25, 0.3) is 0 Å². The van der Waals surface area contributed by atoms with Gasteiger partial charge in [0.25, 0.3) is 0 Å². The number of hydrogen-bond acceptors (Lipinski definition) is 4. The van der Waals surface area contributed by atoms with Crippen LogP contribution in [-0.4, -0.2) is 28.1 Å². The fourth-order valence-electron chi connectivity index (χ4n) is 3.84. The van der Waals surface area contributed by atoms with Gasteiger partial charge < -0.3 is 4.52 Å². The van der Waals surface area contributed by atoms with Crippen LogP contribution in [0.4, 0.5) is 4.39 Å². The van der Waals surface area contributed by atoms with Crippen LogP contribution >= 0.6 is 0 Å². The monoisotopic (exact) mass is 365 g/mol. The molecule has 0 bridgehead atoms. The summed E-state index contributed by atoms with van der Waals surface area (Å²) in [7, 11) is 0. The van der Waals surface area contributed by atoms with E-state index in [0.29, 0.717) is 30.6 Å². The highest BCUT2D eigenvalue weighted by atomic mass is 19.1. The molecule has 0 unspecified atom stereocenters. The molecule has 0 saturated carbocycles. The highest BCUT2D eigenvalue weighted by molar-refractivity contribution is 5.26. The summed E-state index contributed by atoms with van der Waals surface area (Å²) in [4.78, 5) is 6.88. The van der Waals surface area contributed by atoms with Crippen LogP contribution in [0.3, 0.4) is 0 Å². The predicted octanol–water partition coefficient (Wildman–Crippen LogP) is 4.49. The number of halogens is 1. The maximum atomic E-state index is 13.3. The average Bonchev–Trinajstić information content (AvgIpc) is 3.09. The quantitative estimate of drug-likeness (QED) is 0.668. The summed E-state index contributed by atoms with van der Waals surface area (Å²) < 4.78 is 18.7. The van der Waals surface area contributed by atoms with Crippen molar-refractivity contribution < 1.29 is 8.91 Å². The second-order valence-corrected chi connectivity index (χ2v) is 7.40. The van der Waals surface area contributed by atoms with Crippen molar-refractivity contribution in [2.45, 2.75) is 38.6 Å². The predicted molar refractivity (Wildman–Crippen MR) is 102 cm³/mol. The molecule has 3 aromatic rings. The van der Waals surface area contributed by atoms with Crippen LogP contribution in [0.1, 0.15) is 47.2 Å². The lowest BCUT2D eigenvalue weighted by atomic mass is 9.90. The zero-order valence-corrected chi connectivity index (χ0v) is 15.6. The summed E-state index contributed by atoms with van der Waals surface area (Å²) in [5, 5.41) is 4.06. The minimum Gasteiger partial charge on any atom is -0.338 e. The summed E-state index contributed by atoms with van der Waals surface area (Å²) in [5.74, 6) is 1.54. The minimum absolute atomic E-state index is 0.244. The van der Waals surface area contributed by atoms with E-state index in [9.17, 15) is 4.39 Å². The topological polar surface area (TPSA) is 42.2 Å². The van der Waals surface area contributed by atoms with E-state index in [1.165, 1.54) is 36.1 Å². The molecule has 1 atom stereocenters. The molecule has 1 fully saturated rings. The van der Waals surface area contributed by atoms with Crippen molar-refractivity contribution in [3.63, 3.8) is 0 Å². The van der Waals surface area contributed by atoms with E-state index in [4.69, 9.17) is 4.52 Å². The third-order valence-electron chi connectivity index (χ3n) is 5.14. The molecule has 1 saturated heterocycles. The maximum Gasteiger partial charge on any atom is 0.240 e. The van der Waals surface area contributed by atoms with Crippen LogP contribution in [0.5, 0.6) is 0 Å². The van der Waals surface area contributed by atoms with E-state index in [0.717, 1.165) is 18.7 Å². The molecule has 5 heteroatoms. The Morgan fingerprint density at radius 2 is 2.07 bits per heavy atom. The first-order chi connectivity index (χ1) is 13.2. The number of rotatable bonds is 5. The standard InChI is InChI=1S/C22H24FN3O/c1-16-5-2-7-18(11-16)19-8-4-10-26(14-19)15-22-24-21(25-27-22)13-17-6-3-9-20(23)12-17/h2-3,5-7,9,11-12,19H,4,8,10,13-15H2,1H3/t19-/m1/s1. The number of aromatic nitrogens is 2. The van der Waals surface area contributed by atoms with E-state index in [1.54, 1.807) is 6.07 Å². The fourth-order valence-corrected chi connectivity index (χ4v) is 3.84. The summed E-state index contributed by atoms with van der Waals surface area (Å²) in [6, 6.07) is 15.3. The van der Waals surface area contributed by atoms with E-state index in [-0.39, 0.29) is 5.82 Å². The van der Waals surface area contributed by atoms with E-state index >= 15 is 0 Å². The number of hydrogen-bond donors (Lipinski definition) is 0. The van der Waals surface area contributed by atoms with Gasteiger partial charge >= 0.3 is 0 Å². The molecule has 1 aromatic heterocycles. The van der Waals surface area contributed by atoms with Gasteiger partial charge in [-0.15, -0.1) is 0 Å². The summed E-state index contributed by atoms with van der Waals surface area (Å²) >= 11 is 0. The van der Waals surface area contributed by atoms with Crippen LogP contribution in [0, 0.1) is 12.7 Å². The first-order valence-electron chi connectivity index (χ1n) is 9.50. The number of nitrogens with zero attached hydrogens (tertiary/aromatic N) is 3. The van der Waals surface area contributed by atoms with E-state index < -0.39 is 0 Å². The molecule has 1 aliphatic heterocycles. The first kappa shape index (κ1) is 17.9. The Morgan fingerprint density at radius 3 is 2.93 bits per heavy atom. The van der Waals surface area contributed by atoms with Crippen LogP contribution in [0.15, 0.2) is 53.1 Å². The molecule has 2 aromatic carbocycles. The highest BCUT2D eigenvalue weighted by Crippen LogP contribution is 2.28. The number of piperidine rings is 1. The molecule has 1 aliphatic rings. The van der Waals surface area contributed by atoms with Gasteiger partial charge in [0.1, 0.15) is 5.82 Å². The molecule has 2 heterocycles. The third-order valence-corrected chi connectivity index (χ3v) is 5.14. The molecule has 27 heavy (non-hydrogen) atoms. The Kier molecular flexibility index (Phi) is 5.30. The number of likely N-dealkylation sites (tertiary alicyclic amines) is 1. The summed E-state index contributed by atoms with van der Waals surface area (Å²) in [6.45, 7) is 4.86. The van der Waals surface area contributed by atoms with Gasteiger partial charge in [0.2, 0.25) is 5.89 Å². The van der Waals surface area contributed by atoms with Gasteiger partial charge in [-0.1, -0.05) is 47.1 Å². The zero-order valence-electron chi connectivity index (χ0n) is 15.6. The van der Waals surface area contributed by atoms with Crippen molar-refractivity contribution in [3.05, 3.63) is 82.8 Å². The maximum absolute atomic E-state index is 13.3. The summed E-state index contributed by atoms with van der Waals surface area (Å²) in [5.41, 5.74) is 3.57. The van der Waals surface area contributed by atoms with Gasteiger partial charge in [-0.2, -0.15) is 4.98 Å². The lowest BCUT2D eigenvalue weighted by Gasteiger charge is -2.32. The molecule has 0 amide bonds. The van der Waals surface area contributed by atoms with Gasteiger partial charge in [0.15, 0.2) is 5.82 Å². The summed E-state index contributed by atoms with van der Waals surface area (Å²) in [6.07, 6.45) is 2.87. The smallest absolute Gasteiger partial charge is 0.240 e. The van der Waals surface area contributed by atoms with Crippen molar-refractivity contribution >= 4 is 0 Å². The van der Waals surface area contributed by atoms with Crippen molar-refractivity contribution in [1.29, 1.82) is 0 Å². The fraction of sp³-hybridized carbons (Fsp3) is 0.364. The van der Waals surface area contributed by atoms with Crippen molar-refractivity contribution in [1.82, 2.24) is 15.0 Å².